The van der Waals surface area contributed by atoms with E-state index in [1.807, 2.05) is 73.7 Å². The van der Waals surface area contributed by atoms with Crippen LogP contribution in [0.1, 0.15) is 40.2 Å². The Morgan fingerprint density at radius 1 is 1.06 bits per heavy atom. The minimum Gasteiger partial charge on any atom is -0.497 e. The number of carboxylic acids is 1. The molecule has 1 unspecified atom stereocenters. The summed E-state index contributed by atoms with van der Waals surface area (Å²) in [6.07, 6.45) is 3.55. The van der Waals surface area contributed by atoms with Gasteiger partial charge in [0.1, 0.15) is 29.8 Å². The van der Waals surface area contributed by atoms with Crippen LogP contribution in [0.2, 0.25) is 5.02 Å². The molecule has 1 heterocycles. The predicted octanol–water partition coefficient (Wildman–Crippen LogP) is 6.92. The van der Waals surface area contributed by atoms with E-state index < -0.39 is 5.97 Å². The van der Waals surface area contributed by atoms with Crippen LogP contribution >= 0.6 is 11.6 Å². The number of nitrogens with zero attached hydrogens (tertiary/aromatic N) is 1. The molecular weight excluding hydrogens is 478 g/mol. The zero-order chi connectivity index (χ0) is 25.5. The molecule has 0 bridgehead atoms. The molecule has 0 spiro atoms. The van der Waals surface area contributed by atoms with E-state index in [1.165, 1.54) is 13.2 Å². The van der Waals surface area contributed by atoms with Gasteiger partial charge in [-0.25, -0.2) is 9.78 Å². The minimum absolute atomic E-state index is 0.0328. The van der Waals surface area contributed by atoms with Crippen molar-refractivity contribution in [3.63, 3.8) is 0 Å². The summed E-state index contributed by atoms with van der Waals surface area (Å²) in [5.74, 6) is -0.385. The molecule has 36 heavy (non-hydrogen) atoms. The third-order valence-corrected chi connectivity index (χ3v) is 5.81. The topological polar surface area (TPSA) is 77.9 Å². The molecule has 1 N–H and O–H groups in total. The second kappa shape index (κ2) is 11.7. The Morgan fingerprint density at radius 3 is 2.67 bits per heavy atom. The van der Waals surface area contributed by atoms with Gasteiger partial charge in [-0.1, -0.05) is 48.0 Å². The van der Waals surface area contributed by atoms with Gasteiger partial charge >= 0.3 is 5.97 Å². The third kappa shape index (κ3) is 6.22. The molecule has 0 amide bonds. The lowest BCUT2D eigenvalue weighted by Gasteiger charge is -2.19. The van der Waals surface area contributed by atoms with Crippen LogP contribution in [0, 0.1) is 0 Å². The molecule has 1 aromatic heterocycles. The van der Waals surface area contributed by atoms with E-state index in [0.717, 1.165) is 27.7 Å². The summed E-state index contributed by atoms with van der Waals surface area (Å²) in [4.78, 5) is 16.3. The first kappa shape index (κ1) is 25.2. The highest BCUT2D eigenvalue weighted by Crippen LogP contribution is 2.27. The molecule has 7 heteroatoms. The highest BCUT2D eigenvalue weighted by molar-refractivity contribution is 6.31. The van der Waals surface area contributed by atoms with Gasteiger partial charge in [-0.15, -0.1) is 0 Å². The van der Waals surface area contributed by atoms with Crippen molar-refractivity contribution in [1.82, 2.24) is 4.98 Å². The highest BCUT2D eigenvalue weighted by atomic mass is 35.5. The van der Waals surface area contributed by atoms with Crippen LogP contribution in [0.4, 0.5) is 0 Å². The maximum absolute atomic E-state index is 11.7. The number of carbonyl (C=O) groups is 1. The van der Waals surface area contributed by atoms with Gasteiger partial charge in [0.2, 0.25) is 0 Å². The number of pyridine rings is 1. The van der Waals surface area contributed by atoms with Gasteiger partial charge in [0.25, 0.3) is 0 Å². The molecule has 6 nitrogen and oxygen atoms in total. The molecule has 0 aliphatic carbocycles. The van der Waals surface area contributed by atoms with E-state index in [-0.39, 0.29) is 24.0 Å². The number of carboxylic acid groups (broad SMARTS) is 1. The van der Waals surface area contributed by atoms with Crippen LogP contribution in [0.25, 0.3) is 23.1 Å². The van der Waals surface area contributed by atoms with E-state index in [9.17, 15) is 9.90 Å². The SMILES string of the molecule is CCOC(COc1ccc(OC)cc1C(=O)O)c1cccc(/C=C/c2ccc3ccc(Cl)cc3n2)c1. The molecule has 1 atom stereocenters. The Kier molecular flexibility index (Phi) is 8.21. The summed E-state index contributed by atoms with van der Waals surface area (Å²) in [6.45, 7) is 2.54. The summed E-state index contributed by atoms with van der Waals surface area (Å²) in [6, 6.07) is 22.2. The standard InChI is InChI=1S/C29H26ClNO5/c1-3-35-28(18-36-27-14-13-24(34-2)17-25(27)29(32)33)21-6-4-5-19(15-21)7-11-23-12-9-20-8-10-22(30)16-26(20)31-23/h4-17,28H,3,18H2,1-2H3,(H,32,33)/b11-7+. The van der Waals surface area contributed by atoms with Gasteiger partial charge in [0, 0.05) is 17.0 Å². The molecule has 0 radical (unpaired) electrons. The van der Waals surface area contributed by atoms with Crippen molar-refractivity contribution in [2.45, 2.75) is 13.0 Å². The maximum atomic E-state index is 11.7. The van der Waals surface area contributed by atoms with Crippen LogP contribution in [0.3, 0.4) is 0 Å². The van der Waals surface area contributed by atoms with Crippen molar-refractivity contribution in [3.8, 4) is 11.5 Å². The fourth-order valence-electron chi connectivity index (χ4n) is 3.78. The van der Waals surface area contributed by atoms with Crippen molar-refractivity contribution in [2.75, 3.05) is 20.3 Å². The second-order valence-electron chi connectivity index (χ2n) is 8.00. The predicted molar refractivity (Wildman–Crippen MR) is 142 cm³/mol. The van der Waals surface area contributed by atoms with E-state index in [4.69, 9.17) is 25.8 Å². The molecular formula is C29H26ClNO5. The summed E-state index contributed by atoms with van der Waals surface area (Å²) in [5, 5.41) is 11.2. The Morgan fingerprint density at radius 2 is 1.89 bits per heavy atom. The molecule has 4 rings (SSSR count). The largest absolute Gasteiger partial charge is 0.497 e. The summed E-state index contributed by atoms with van der Waals surface area (Å²) < 4.78 is 16.9. The van der Waals surface area contributed by atoms with Crippen molar-refractivity contribution in [1.29, 1.82) is 0 Å². The average molecular weight is 504 g/mol. The number of hydrogen-bond donors (Lipinski definition) is 1. The van der Waals surface area contributed by atoms with Crippen LogP contribution < -0.4 is 9.47 Å². The number of ether oxygens (including phenoxy) is 3. The lowest BCUT2D eigenvalue weighted by molar-refractivity contribution is 0.0260. The molecule has 0 aliphatic heterocycles. The molecule has 0 aliphatic rings. The van der Waals surface area contributed by atoms with E-state index in [1.54, 1.807) is 12.1 Å². The second-order valence-corrected chi connectivity index (χ2v) is 8.44. The first-order valence-corrected chi connectivity index (χ1v) is 11.8. The average Bonchev–Trinajstić information content (AvgIpc) is 2.89. The Labute approximate surface area is 214 Å². The van der Waals surface area contributed by atoms with Gasteiger partial charge < -0.3 is 19.3 Å². The quantitative estimate of drug-likeness (QED) is 0.253. The lowest BCUT2D eigenvalue weighted by Crippen LogP contribution is -2.15. The van der Waals surface area contributed by atoms with Crippen LogP contribution in [0.15, 0.2) is 72.8 Å². The molecule has 0 saturated carbocycles. The van der Waals surface area contributed by atoms with E-state index >= 15 is 0 Å². The number of hydrogen-bond acceptors (Lipinski definition) is 5. The van der Waals surface area contributed by atoms with Crippen LogP contribution in [-0.2, 0) is 4.74 Å². The zero-order valence-corrected chi connectivity index (χ0v) is 20.7. The summed E-state index contributed by atoms with van der Waals surface area (Å²) in [5.41, 5.74) is 3.58. The normalized spacial score (nSPS) is 12.1. The molecule has 4 aromatic rings. The van der Waals surface area contributed by atoms with Crippen molar-refractivity contribution in [3.05, 3.63) is 100 Å². The number of halogens is 1. The van der Waals surface area contributed by atoms with Crippen molar-refractivity contribution in [2.24, 2.45) is 0 Å². The van der Waals surface area contributed by atoms with Crippen LogP contribution in [-0.4, -0.2) is 36.4 Å². The van der Waals surface area contributed by atoms with Gasteiger partial charge in [0.15, 0.2) is 0 Å². The maximum Gasteiger partial charge on any atom is 0.339 e. The number of rotatable bonds is 10. The van der Waals surface area contributed by atoms with Gasteiger partial charge in [0.05, 0.1) is 18.3 Å². The van der Waals surface area contributed by atoms with Crippen LogP contribution in [0.5, 0.6) is 11.5 Å². The fraction of sp³-hybridized carbons (Fsp3) is 0.172. The van der Waals surface area contributed by atoms with Gasteiger partial charge in [-0.05, 0) is 66.6 Å². The Hall–Kier alpha value is -3.87. The molecule has 0 fully saturated rings. The minimum atomic E-state index is -1.09. The van der Waals surface area contributed by atoms with Gasteiger partial charge in [-0.2, -0.15) is 0 Å². The monoisotopic (exact) mass is 503 g/mol. The number of aromatic carboxylic acids is 1. The van der Waals surface area contributed by atoms with E-state index in [2.05, 4.69) is 4.98 Å². The lowest BCUT2D eigenvalue weighted by atomic mass is 10.1. The van der Waals surface area contributed by atoms with Crippen molar-refractivity contribution >= 4 is 40.6 Å². The number of methoxy groups -OCH3 is 1. The number of aromatic nitrogens is 1. The first-order valence-electron chi connectivity index (χ1n) is 11.5. The van der Waals surface area contributed by atoms with Crippen molar-refractivity contribution < 1.29 is 24.1 Å². The Bertz CT molecular complexity index is 1400. The number of fused-ring (bicyclic) bond motifs is 1. The zero-order valence-electron chi connectivity index (χ0n) is 20.0. The van der Waals surface area contributed by atoms with E-state index in [0.29, 0.717) is 17.4 Å². The fourth-order valence-corrected chi connectivity index (χ4v) is 3.95. The Balaban J connectivity index is 1.52. The molecule has 3 aromatic carbocycles. The van der Waals surface area contributed by atoms with Gasteiger partial charge in [-0.3, -0.25) is 0 Å². The highest BCUT2D eigenvalue weighted by Gasteiger charge is 2.17. The summed E-state index contributed by atoms with van der Waals surface area (Å²) >= 11 is 6.10. The number of benzene rings is 3. The molecule has 184 valence electrons. The first-order chi connectivity index (χ1) is 17.5. The smallest absolute Gasteiger partial charge is 0.339 e. The molecule has 0 saturated heterocycles. The summed E-state index contributed by atoms with van der Waals surface area (Å²) in [7, 11) is 1.49. The third-order valence-electron chi connectivity index (χ3n) is 5.58.